The lowest BCUT2D eigenvalue weighted by Gasteiger charge is -2.11. The van der Waals surface area contributed by atoms with Crippen LogP contribution in [0.3, 0.4) is 0 Å². The van der Waals surface area contributed by atoms with E-state index in [1.165, 1.54) is 12.1 Å². The standard InChI is InChI=1S/C12H17F2NOS/c1-3-15-6-9-4-10(13)12(11(14)5-9)17-8(2)7-16/h4-5,8,15-16H,3,6-7H2,1-2H3. The number of hydrogen-bond donors (Lipinski definition) is 2. The molecule has 0 aliphatic heterocycles. The molecule has 0 spiro atoms. The maximum Gasteiger partial charge on any atom is 0.140 e. The summed E-state index contributed by atoms with van der Waals surface area (Å²) in [6.45, 7) is 4.74. The van der Waals surface area contributed by atoms with E-state index in [1.54, 1.807) is 6.92 Å². The van der Waals surface area contributed by atoms with E-state index in [0.717, 1.165) is 18.3 Å². The monoisotopic (exact) mass is 261 g/mol. The lowest BCUT2D eigenvalue weighted by Crippen LogP contribution is -2.12. The Kier molecular flexibility index (Phi) is 5.88. The van der Waals surface area contributed by atoms with Crippen molar-refractivity contribution in [1.29, 1.82) is 0 Å². The highest BCUT2D eigenvalue weighted by atomic mass is 32.2. The van der Waals surface area contributed by atoms with Crippen molar-refractivity contribution in [2.24, 2.45) is 0 Å². The first-order chi connectivity index (χ1) is 8.08. The average Bonchev–Trinajstić information content (AvgIpc) is 2.30. The van der Waals surface area contributed by atoms with Gasteiger partial charge in [0.1, 0.15) is 11.6 Å². The molecule has 0 bridgehead atoms. The second-order valence-electron chi connectivity index (χ2n) is 3.78. The van der Waals surface area contributed by atoms with Gasteiger partial charge < -0.3 is 10.4 Å². The van der Waals surface area contributed by atoms with Crippen LogP contribution in [0.25, 0.3) is 0 Å². The third kappa shape index (κ3) is 4.26. The quantitative estimate of drug-likeness (QED) is 0.772. The maximum absolute atomic E-state index is 13.7. The number of aliphatic hydroxyl groups is 1. The molecular formula is C12H17F2NOS. The molecule has 0 saturated carbocycles. The first-order valence-corrected chi connectivity index (χ1v) is 6.42. The van der Waals surface area contributed by atoms with E-state index in [4.69, 9.17) is 5.11 Å². The Balaban J connectivity index is 2.86. The molecule has 0 aliphatic rings. The van der Waals surface area contributed by atoms with Gasteiger partial charge in [-0.1, -0.05) is 13.8 Å². The van der Waals surface area contributed by atoms with Crippen LogP contribution in [0.15, 0.2) is 17.0 Å². The van der Waals surface area contributed by atoms with E-state index in [1.807, 2.05) is 6.92 Å². The van der Waals surface area contributed by atoms with Crippen molar-refractivity contribution < 1.29 is 13.9 Å². The number of rotatable bonds is 6. The number of benzene rings is 1. The van der Waals surface area contributed by atoms with Gasteiger partial charge in [0.2, 0.25) is 0 Å². The molecule has 0 aliphatic carbocycles. The molecule has 2 N–H and O–H groups in total. The van der Waals surface area contributed by atoms with Crippen LogP contribution in [-0.2, 0) is 6.54 Å². The summed E-state index contributed by atoms with van der Waals surface area (Å²) in [6, 6.07) is 2.66. The van der Waals surface area contributed by atoms with Gasteiger partial charge in [0.25, 0.3) is 0 Å². The predicted molar refractivity (Wildman–Crippen MR) is 66.1 cm³/mol. The highest BCUT2D eigenvalue weighted by Gasteiger charge is 2.14. The molecule has 96 valence electrons. The predicted octanol–water partition coefficient (Wildman–Crippen LogP) is 2.55. The minimum atomic E-state index is -0.566. The lowest BCUT2D eigenvalue weighted by atomic mass is 10.2. The molecule has 0 radical (unpaired) electrons. The van der Waals surface area contributed by atoms with Gasteiger partial charge in [-0.05, 0) is 24.2 Å². The van der Waals surface area contributed by atoms with E-state index >= 15 is 0 Å². The second-order valence-corrected chi connectivity index (χ2v) is 5.23. The van der Waals surface area contributed by atoms with Gasteiger partial charge >= 0.3 is 0 Å². The smallest absolute Gasteiger partial charge is 0.140 e. The zero-order chi connectivity index (χ0) is 12.8. The summed E-state index contributed by atoms with van der Waals surface area (Å²) in [6.07, 6.45) is 0. The zero-order valence-corrected chi connectivity index (χ0v) is 10.8. The fraction of sp³-hybridized carbons (Fsp3) is 0.500. The van der Waals surface area contributed by atoms with Crippen molar-refractivity contribution in [2.45, 2.75) is 30.5 Å². The Bertz CT molecular complexity index is 351. The minimum Gasteiger partial charge on any atom is -0.395 e. The molecule has 17 heavy (non-hydrogen) atoms. The first-order valence-electron chi connectivity index (χ1n) is 5.54. The summed E-state index contributed by atoms with van der Waals surface area (Å²) in [5.74, 6) is -1.13. The number of aliphatic hydroxyl groups excluding tert-OH is 1. The van der Waals surface area contributed by atoms with Crippen LogP contribution in [0, 0.1) is 11.6 Å². The van der Waals surface area contributed by atoms with Crippen LogP contribution in [0.2, 0.25) is 0 Å². The van der Waals surface area contributed by atoms with Crippen LogP contribution in [0.1, 0.15) is 19.4 Å². The summed E-state index contributed by atoms with van der Waals surface area (Å²) >= 11 is 1.01. The highest BCUT2D eigenvalue weighted by Crippen LogP contribution is 2.29. The Labute approximate surface area is 104 Å². The molecular weight excluding hydrogens is 244 g/mol. The largest absolute Gasteiger partial charge is 0.395 e. The normalized spacial score (nSPS) is 12.8. The number of hydrogen-bond acceptors (Lipinski definition) is 3. The van der Waals surface area contributed by atoms with Crippen molar-refractivity contribution in [2.75, 3.05) is 13.2 Å². The van der Waals surface area contributed by atoms with Crippen molar-refractivity contribution in [3.63, 3.8) is 0 Å². The molecule has 5 heteroatoms. The molecule has 1 aromatic carbocycles. The molecule has 0 amide bonds. The van der Waals surface area contributed by atoms with E-state index < -0.39 is 11.6 Å². The maximum atomic E-state index is 13.7. The van der Waals surface area contributed by atoms with E-state index in [2.05, 4.69) is 5.32 Å². The molecule has 0 heterocycles. The Morgan fingerprint density at radius 1 is 1.35 bits per heavy atom. The van der Waals surface area contributed by atoms with Crippen molar-refractivity contribution in [3.8, 4) is 0 Å². The van der Waals surface area contributed by atoms with Gasteiger partial charge in [0.05, 0.1) is 11.5 Å². The molecule has 0 aromatic heterocycles. The zero-order valence-electron chi connectivity index (χ0n) is 9.96. The van der Waals surface area contributed by atoms with E-state index in [9.17, 15) is 8.78 Å². The van der Waals surface area contributed by atoms with Gasteiger partial charge in [0.15, 0.2) is 0 Å². The van der Waals surface area contributed by atoms with E-state index in [0.29, 0.717) is 12.1 Å². The van der Waals surface area contributed by atoms with Crippen LogP contribution < -0.4 is 5.32 Å². The van der Waals surface area contributed by atoms with Gasteiger partial charge in [-0.25, -0.2) is 8.78 Å². The highest BCUT2D eigenvalue weighted by molar-refractivity contribution is 8.00. The third-order valence-electron chi connectivity index (χ3n) is 2.21. The van der Waals surface area contributed by atoms with Gasteiger partial charge in [-0.15, -0.1) is 11.8 Å². The Morgan fingerprint density at radius 3 is 2.41 bits per heavy atom. The molecule has 0 saturated heterocycles. The topological polar surface area (TPSA) is 32.3 Å². The fourth-order valence-electron chi connectivity index (χ4n) is 1.33. The second kappa shape index (κ2) is 6.93. The fourth-order valence-corrected chi connectivity index (χ4v) is 2.15. The molecule has 0 fully saturated rings. The van der Waals surface area contributed by atoms with Crippen LogP contribution in [0.4, 0.5) is 8.78 Å². The number of thioether (sulfide) groups is 1. The van der Waals surface area contributed by atoms with Crippen LogP contribution in [-0.4, -0.2) is 23.5 Å². The summed E-state index contributed by atoms with van der Waals surface area (Å²) in [4.78, 5) is -0.0215. The number of nitrogens with one attached hydrogen (secondary N) is 1. The summed E-state index contributed by atoms with van der Waals surface area (Å²) in [7, 11) is 0. The number of halogens is 2. The third-order valence-corrected chi connectivity index (χ3v) is 3.39. The van der Waals surface area contributed by atoms with Gasteiger partial charge in [0, 0.05) is 11.8 Å². The van der Waals surface area contributed by atoms with E-state index in [-0.39, 0.29) is 16.8 Å². The van der Waals surface area contributed by atoms with Crippen LogP contribution >= 0.6 is 11.8 Å². The minimum absolute atomic E-state index is 0.0215. The van der Waals surface area contributed by atoms with Crippen molar-refractivity contribution >= 4 is 11.8 Å². The van der Waals surface area contributed by atoms with Crippen LogP contribution in [0.5, 0.6) is 0 Å². The van der Waals surface area contributed by atoms with Gasteiger partial charge in [-0.3, -0.25) is 0 Å². The Morgan fingerprint density at radius 2 is 1.94 bits per heavy atom. The average molecular weight is 261 g/mol. The molecule has 1 atom stereocenters. The molecule has 1 rings (SSSR count). The molecule has 1 unspecified atom stereocenters. The van der Waals surface area contributed by atoms with Crippen molar-refractivity contribution in [1.82, 2.24) is 5.32 Å². The van der Waals surface area contributed by atoms with Gasteiger partial charge in [-0.2, -0.15) is 0 Å². The molecule has 2 nitrogen and oxygen atoms in total. The summed E-state index contributed by atoms with van der Waals surface area (Å²) < 4.78 is 27.3. The Hall–Kier alpha value is -0.650. The van der Waals surface area contributed by atoms with Crippen molar-refractivity contribution in [3.05, 3.63) is 29.3 Å². The summed E-state index contributed by atoms with van der Waals surface area (Å²) in [5, 5.41) is 11.7. The first kappa shape index (κ1) is 14.4. The summed E-state index contributed by atoms with van der Waals surface area (Å²) in [5.41, 5.74) is 0.586. The lowest BCUT2D eigenvalue weighted by molar-refractivity contribution is 0.300. The SMILES string of the molecule is CCNCc1cc(F)c(SC(C)CO)c(F)c1. The molecule has 1 aromatic rings.